The van der Waals surface area contributed by atoms with Crippen molar-refractivity contribution in [3.05, 3.63) is 50.7 Å². The van der Waals surface area contributed by atoms with E-state index >= 15 is 0 Å². The Hall–Kier alpha value is -0.750. The zero-order valence-corrected chi connectivity index (χ0v) is 11.0. The standard InChI is InChI=1S/C11H8ClFINO/c12-7-1-3-10(9(13)5-7)15-6-8-2-4-11(14)16-8/h1-5,15H,6H2. The van der Waals surface area contributed by atoms with Crippen molar-refractivity contribution in [2.24, 2.45) is 0 Å². The lowest BCUT2D eigenvalue weighted by Gasteiger charge is -2.05. The molecule has 0 spiro atoms. The summed E-state index contributed by atoms with van der Waals surface area (Å²) in [5, 5.41) is 3.32. The van der Waals surface area contributed by atoms with Crippen molar-refractivity contribution in [3.63, 3.8) is 0 Å². The van der Waals surface area contributed by atoms with Gasteiger partial charge in [-0.25, -0.2) is 4.39 Å². The largest absolute Gasteiger partial charge is 0.454 e. The fraction of sp³-hybridized carbons (Fsp3) is 0.0909. The van der Waals surface area contributed by atoms with Gasteiger partial charge in [0.2, 0.25) is 0 Å². The molecule has 1 aromatic heterocycles. The van der Waals surface area contributed by atoms with E-state index in [-0.39, 0.29) is 5.82 Å². The van der Waals surface area contributed by atoms with Crippen LogP contribution in [0.4, 0.5) is 10.1 Å². The molecule has 16 heavy (non-hydrogen) atoms. The van der Waals surface area contributed by atoms with Crippen LogP contribution in [0.25, 0.3) is 0 Å². The van der Waals surface area contributed by atoms with Gasteiger partial charge in [-0.3, -0.25) is 0 Å². The Kier molecular flexibility index (Phi) is 3.70. The summed E-state index contributed by atoms with van der Waals surface area (Å²) < 4.78 is 19.5. The maximum absolute atomic E-state index is 13.4. The number of hydrogen-bond donors (Lipinski definition) is 1. The van der Waals surface area contributed by atoms with Gasteiger partial charge in [0.15, 0.2) is 3.77 Å². The van der Waals surface area contributed by atoms with Gasteiger partial charge in [-0.05, 0) is 52.9 Å². The number of rotatable bonds is 3. The molecule has 0 atom stereocenters. The van der Waals surface area contributed by atoms with Crippen molar-refractivity contribution in [2.75, 3.05) is 5.32 Å². The van der Waals surface area contributed by atoms with Gasteiger partial charge in [-0.15, -0.1) is 0 Å². The summed E-state index contributed by atoms with van der Waals surface area (Å²) in [6.45, 7) is 0.446. The summed E-state index contributed by atoms with van der Waals surface area (Å²) in [4.78, 5) is 0. The van der Waals surface area contributed by atoms with Gasteiger partial charge in [0.1, 0.15) is 11.6 Å². The van der Waals surface area contributed by atoms with E-state index in [0.717, 1.165) is 9.53 Å². The van der Waals surface area contributed by atoms with Gasteiger partial charge in [-0.1, -0.05) is 11.6 Å². The second-order valence-electron chi connectivity index (χ2n) is 3.18. The van der Waals surface area contributed by atoms with Crippen LogP contribution in [-0.2, 0) is 6.54 Å². The Morgan fingerprint density at radius 2 is 2.12 bits per heavy atom. The van der Waals surface area contributed by atoms with Gasteiger partial charge >= 0.3 is 0 Å². The van der Waals surface area contributed by atoms with Crippen LogP contribution < -0.4 is 5.32 Å². The number of anilines is 1. The van der Waals surface area contributed by atoms with Crippen molar-refractivity contribution in [2.45, 2.75) is 6.54 Å². The van der Waals surface area contributed by atoms with E-state index in [1.54, 1.807) is 12.1 Å². The molecule has 0 unspecified atom stereocenters. The predicted molar refractivity (Wildman–Crippen MR) is 70.2 cm³/mol. The van der Waals surface area contributed by atoms with Gasteiger partial charge < -0.3 is 9.73 Å². The lowest BCUT2D eigenvalue weighted by molar-refractivity contribution is 0.492. The number of furan rings is 1. The molecule has 84 valence electrons. The highest BCUT2D eigenvalue weighted by atomic mass is 127. The van der Waals surface area contributed by atoms with E-state index in [2.05, 4.69) is 27.9 Å². The zero-order valence-electron chi connectivity index (χ0n) is 8.14. The molecule has 0 aliphatic rings. The minimum Gasteiger partial charge on any atom is -0.454 e. The van der Waals surface area contributed by atoms with Crippen LogP contribution in [0.5, 0.6) is 0 Å². The molecule has 2 nitrogen and oxygen atoms in total. The molecule has 0 bridgehead atoms. The first-order valence-electron chi connectivity index (χ1n) is 4.58. The van der Waals surface area contributed by atoms with Crippen LogP contribution in [-0.4, -0.2) is 0 Å². The molecule has 0 fully saturated rings. The molecule has 2 aromatic rings. The lowest BCUT2D eigenvalue weighted by atomic mass is 10.3. The Morgan fingerprint density at radius 3 is 2.75 bits per heavy atom. The number of hydrogen-bond acceptors (Lipinski definition) is 2. The summed E-state index contributed by atoms with van der Waals surface area (Å²) in [6.07, 6.45) is 0. The van der Waals surface area contributed by atoms with Crippen molar-refractivity contribution < 1.29 is 8.81 Å². The second-order valence-corrected chi connectivity index (χ2v) is 4.68. The van der Waals surface area contributed by atoms with E-state index in [0.29, 0.717) is 17.3 Å². The van der Waals surface area contributed by atoms with Crippen molar-refractivity contribution >= 4 is 39.9 Å². The third-order valence-corrected chi connectivity index (χ3v) is 2.83. The summed E-state index contributed by atoms with van der Waals surface area (Å²) >= 11 is 7.73. The summed E-state index contributed by atoms with van der Waals surface area (Å²) in [6, 6.07) is 8.22. The van der Waals surface area contributed by atoms with Gasteiger partial charge in [0, 0.05) is 5.02 Å². The Labute approximate surface area is 111 Å². The van der Waals surface area contributed by atoms with Gasteiger partial charge in [0.05, 0.1) is 12.2 Å². The highest BCUT2D eigenvalue weighted by Crippen LogP contribution is 2.20. The zero-order chi connectivity index (χ0) is 11.5. The summed E-state index contributed by atoms with van der Waals surface area (Å²) in [7, 11) is 0. The van der Waals surface area contributed by atoms with E-state index in [9.17, 15) is 4.39 Å². The average molecular weight is 352 g/mol. The molecule has 0 amide bonds. The van der Waals surface area contributed by atoms with Crippen LogP contribution in [0, 0.1) is 9.58 Å². The first-order chi connectivity index (χ1) is 7.65. The molecule has 0 aliphatic heterocycles. The SMILES string of the molecule is Fc1cc(Cl)ccc1NCc1ccc(I)o1. The molecule has 5 heteroatoms. The fourth-order valence-electron chi connectivity index (χ4n) is 1.26. The molecular formula is C11H8ClFINO. The Balaban J connectivity index is 2.04. The van der Waals surface area contributed by atoms with Crippen LogP contribution in [0.15, 0.2) is 34.7 Å². The average Bonchev–Trinajstić information content (AvgIpc) is 2.63. The maximum Gasteiger partial charge on any atom is 0.164 e. The third-order valence-electron chi connectivity index (χ3n) is 2.01. The third kappa shape index (κ3) is 2.89. The topological polar surface area (TPSA) is 25.2 Å². The van der Waals surface area contributed by atoms with E-state index < -0.39 is 0 Å². The molecule has 0 radical (unpaired) electrons. The first-order valence-corrected chi connectivity index (χ1v) is 6.04. The lowest BCUT2D eigenvalue weighted by Crippen LogP contribution is -2.00. The van der Waals surface area contributed by atoms with E-state index in [1.807, 2.05) is 12.1 Å². The fourth-order valence-corrected chi connectivity index (χ4v) is 1.88. The molecule has 0 saturated heterocycles. The van der Waals surface area contributed by atoms with Crippen molar-refractivity contribution in [1.82, 2.24) is 0 Å². The molecule has 0 saturated carbocycles. The summed E-state index contributed by atoms with van der Waals surface area (Å²) in [5.41, 5.74) is 0.413. The minimum atomic E-state index is -0.367. The smallest absolute Gasteiger partial charge is 0.164 e. The molecule has 0 aliphatic carbocycles. The molecular weight excluding hydrogens is 343 g/mol. The van der Waals surface area contributed by atoms with Gasteiger partial charge in [-0.2, -0.15) is 0 Å². The van der Waals surface area contributed by atoms with E-state index in [4.69, 9.17) is 16.0 Å². The molecule has 1 aromatic carbocycles. The highest BCUT2D eigenvalue weighted by Gasteiger charge is 2.04. The quantitative estimate of drug-likeness (QED) is 0.835. The predicted octanol–water partition coefficient (Wildman–Crippen LogP) is 4.29. The highest BCUT2D eigenvalue weighted by molar-refractivity contribution is 14.1. The monoisotopic (exact) mass is 351 g/mol. The van der Waals surface area contributed by atoms with E-state index in [1.165, 1.54) is 6.07 Å². The van der Waals surface area contributed by atoms with Crippen LogP contribution >= 0.6 is 34.2 Å². The van der Waals surface area contributed by atoms with Crippen LogP contribution in [0.3, 0.4) is 0 Å². The first kappa shape index (κ1) is 11.7. The van der Waals surface area contributed by atoms with Crippen LogP contribution in [0.2, 0.25) is 5.02 Å². The molecule has 2 rings (SSSR count). The number of nitrogens with one attached hydrogen (secondary N) is 1. The van der Waals surface area contributed by atoms with Crippen molar-refractivity contribution in [3.8, 4) is 0 Å². The number of benzene rings is 1. The summed E-state index contributed by atoms with van der Waals surface area (Å²) in [5.74, 6) is 0.396. The second kappa shape index (κ2) is 5.05. The van der Waals surface area contributed by atoms with Crippen LogP contribution in [0.1, 0.15) is 5.76 Å². The Bertz CT molecular complexity index is 500. The van der Waals surface area contributed by atoms with Crippen molar-refractivity contribution in [1.29, 1.82) is 0 Å². The molecule has 1 N–H and O–H groups in total. The minimum absolute atomic E-state index is 0.367. The maximum atomic E-state index is 13.4. The normalized spacial score (nSPS) is 10.4. The van der Waals surface area contributed by atoms with Gasteiger partial charge in [0.25, 0.3) is 0 Å². The molecule has 1 heterocycles. The number of halogens is 3. The Morgan fingerprint density at radius 1 is 1.31 bits per heavy atom.